The summed E-state index contributed by atoms with van der Waals surface area (Å²) < 4.78 is 0. The number of terminal acetylenes is 1. The number of pyridine rings is 1. The highest BCUT2D eigenvalue weighted by Crippen LogP contribution is 2.22. The van der Waals surface area contributed by atoms with E-state index in [1.54, 1.807) is 19.9 Å². The van der Waals surface area contributed by atoms with Gasteiger partial charge in [-0.05, 0) is 26.0 Å². The van der Waals surface area contributed by atoms with Gasteiger partial charge in [0.05, 0.1) is 16.1 Å². The quantitative estimate of drug-likeness (QED) is 0.854. The van der Waals surface area contributed by atoms with Gasteiger partial charge in [-0.2, -0.15) is 0 Å². The standard InChI is InChI=1S/C15H13ClN2O/c1-4-15(2,3)18-14(19)13-9-11(16)10-7-5-6-8-12(10)17-13/h1,5-9H,2-3H3,(H,18,19). The number of hydrogen-bond donors (Lipinski definition) is 1. The molecule has 2 aromatic rings. The fourth-order valence-electron chi connectivity index (χ4n) is 1.63. The summed E-state index contributed by atoms with van der Waals surface area (Å²) in [6, 6.07) is 8.93. The Balaban J connectivity index is 2.42. The van der Waals surface area contributed by atoms with Crippen LogP contribution in [0.15, 0.2) is 30.3 Å². The van der Waals surface area contributed by atoms with Gasteiger partial charge >= 0.3 is 0 Å². The van der Waals surface area contributed by atoms with Crippen molar-refractivity contribution < 1.29 is 4.79 Å². The Bertz CT molecular complexity index is 686. The van der Waals surface area contributed by atoms with Gasteiger partial charge in [0.15, 0.2) is 0 Å². The molecule has 1 aromatic heterocycles. The molecular formula is C15H13ClN2O. The van der Waals surface area contributed by atoms with Gasteiger partial charge in [0.25, 0.3) is 5.91 Å². The first-order valence-corrected chi connectivity index (χ1v) is 6.16. The molecule has 0 unspecified atom stereocenters. The molecule has 1 amide bonds. The van der Waals surface area contributed by atoms with Crippen LogP contribution < -0.4 is 5.32 Å². The van der Waals surface area contributed by atoms with Gasteiger partial charge in [0, 0.05) is 5.39 Å². The number of aromatic nitrogens is 1. The maximum atomic E-state index is 12.1. The van der Waals surface area contributed by atoms with E-state index in [1.807, 2.05) is 24.3 Å². The summed E-state index contributed by atoms with van der Waals surface area (Å²) in [5.74, 6) is 2.16. The molecule has 96 valence electrons. The number of carbonyl (C=O) groups excluding carboxylic acids is 1. The Hall–Kier alpha value is -2.05. The fourth-order valence-corrected chi connectivity index (χ4v) is 1.90. The minimum absolute atomic E-state index is 0.257. The average molecular weight is 273 g/mol. The molecule has 1 aromatic carbocycles. The highest BCUT2D eigenvalue weighted by Gasteiger charge is 2.19. The maximum Gasteiger partial charge on any atom is 0.271 e. The van der Waals surface area contributed by atoms with Crippen LogP contribution in [0.2, 0.25) is 5.02 Å². The lowest BCUT2D eigenvalue weighted by Gasteiger charge is -2.19. The lowest BCUT2D eigenvalue weighted by atomic mass is 10.1. The van der Waals surface area contributed by atoms with Crippen molar-refractivity contribution in [1.82, 2.24) is 10.3 Å². The van der Waals surface area contributed by atoms with Gasteiger partial charge in [0.2, 0.25) is 0 Å². The van der Waals surface area contributed by atoms with Gasteiger partial charge in [0.1, 0.15) is 5.69 Å². The molecule has 1 N–H and O–H groups in total. The molecule has 3 nitrogen and oxygen atoms in total. The van der Waals surface area contributed by atoms with Crippen molar-refractivity contribution in [2.24, 2.45) is 0 Å². The predicted molar refractivity (Wildman–Crippen MR) is 77.1 cm³/mol. The zero-order valence-electron chi connectivity index (χ0n) is 10.7. The lowest BCUT2D eigenvalue weighted by Crippen LogP contribution is -2.42. The van der Waals surface area contributed by atoms with Crippen LogP contribution in [0.25, 0.3) is 10.9 Å². The molecular weight excluding hydrogens is 260 g/mol. The van der Waals surface area contributed by atoms with Crippen LogP contribution in [0.3, 0.4) is 0 Å². The van der Waals surface area contributed by atoms with Crippen molar-refractivity contribution in [3.8, 4) is 12.3 Å². The summed E-state index contributed by atoms with van der Waals surface area (Å²) in [5, 5.41) is 4.03. The number of hydrogen-bond acceptors (Lipinski definition) is 2. The molecule has 0 bridgehead atoms. The molecule has 0 radical (unpaired) electrons. The molecule has 0 aliphatic rings. The minimum Gasteiger partial charge on any atom is -0.335 e. The number of nitrogens with one attached hydrogen (secondary N) is 1. The minimum atomic E-state index is -0.725. The van der Waals surface area contributed by atoms with E-state index in [0.717, 1.165) is 5.39 Å². The van der Waals surface area contributed by atoms with Gasteiger partial charge in [-0.25, -0.2) is 4.98 Å². The van der Waals surface area contributed by atoms with E-state index < -0.39 is 5.54 Å². The summed E-state index contributed by atoms with van der Waals surface area (Å²) >= 11 is 6.15. The number of fused-ring (bicyclic) bond motifs is 1. The molecule has 0 saturated heterocycles. The highest BCUT2D eigenvalue weighted by molar-refractivity contribution is 6.35. The molecule has 0 fully saturated rings. The van der Waals surface area contributed by atoms with Gasteiger partial charge < -0.3 is 5.32 Å². The van der Waals surface area contributed by atoms with E-state index in [0.29, 0.717) is 10.5 Å². The highest BCUT2D eigenvalue weighted by atomic mass is 35.5. The Kier molecular flexibility index (Phi) is 3.46. The van der Waals surface area contributed by atoms with Gasteiger partial charge in [-0.15, -0.1) is 6.42 Å². The van der Waals surface area contributed by atoms with Crippen LogP contribution in [0.1, 0.15) is 24.3 Å². The molecule has 0 aliphatic heterocycles. The molecule has 19 heavy (non-hydrogen) atoms. The van der Waals surface area contributed by atoms with Crippen molar-refractivity contribution >= 4 is 28.4 Å². The maximum absolute atomic E-state index is 12.1. The van der Waals surface area contributed by atoms with Gasteiger partial charge in [-0.1, -0.05) is 35.7 Å². The summed E-state index contributed by atoms with van der Waals surface area (Å²) in [6.45, 7) is 3.49. The zero-order chi connectivity index (χ0) is 14.0. The Morgan fingerprint density at radius 2 is 2.11 bits per heavy atom. The SMILES string of the molecule is C#CC(C)(C)NC(=O)c1cc(Cl)c2ccccc2n1. The summed E-state index contributed by atoms with van der Waals surface area (Å²) in [5.41, 5.74) is 0.211. The predicted octanol–water partition coefficient (Wildman–Crippen LogP) is 3.03. The fraction of sp³-hybridized carbons (Fsp3) is 0.200. The van der Waals surface area contributed by atoms with E-state index in [2.05, 4.69) is 16.2 Å². The number of halogens is 1. The van der Waals surface area contributed by atoms with Crippen LogP contribution in [0.5, 0.6) is 0 Å². The molecule has 0 atom stereocenters. The van der Waals surface area contributed by atoms with Crippen LogP contribution in [0.4, 0.5) is 0 Å². The molecule has 1 heterocycles. The van der Waals surface area contributed by atoms with E-state index in [-0.39, 0.29) is 11.6 Å². The van der Waals surface area contributed by atoms with Crippen molar-refractivity contribution in [1.29, 1.82) is 0 Å². The Morgan fingerprint density at radius 1 is 1.42 bits per heavy atom. The third kappa shape index (κ3) is 2.86. The van der Waals surface area contributed by atoms with Crippen molar-refractivity contribution in [3.63, 3.8) is 0 Å². The van der Waals surface area contributed by atoms with E-state index in [9.17, 15) is 4.79 Å². The van der Waals surface area contributed by atoms with Crippen molar-refractivity contribution in [3.05, 3.63) is 41.0 Å². The molecule has 4 heteroatoms. The lowest BCUT2D eigenvalue weighted by molar-refractivity contribution is 0.0925. The number of amides is 1. The monoisotopic (exact) mass is 272 g/mol. The first-order chi connectivity index (χ1) is 8.93. The zero-order valence-corrected chi connectivity index (χ0v) is 11.5. The Labute approximate surface area is 117 Å². The topological polar surface area (TPSA) is 42.0 Å². The largest absolute Gasteiger partial charge is 0.335 e. The second-order valence-electron chi connectivity index (χ2n) is 4.73. The van der Waals surface area contributed by atoms with Gasteiger partial charge in [-0.3, -0.25) is 4.79 Å². The molecule has 0 aliphatic carbocycles. The third-order valence-corrected chi connectivity index (χ3v) is 3.00. The summed E-state index contributed by atoms with van der Waals surface area (Å²) in [7, 11) is 0. The second kappa shape index (κ2) is 4.91. The molecule has 0 spiro atoms. The number of para-hydroxylation sites is 1. The van der Waals surface area contributed by atoms with Crippen LogP contribution >= 0.6 is 11.6 Å². The Morgan fingerprint density at radius 3 is 2.79 bits per heavy atom. The van der Waals surface area contributed by atoms with Crippen molar-refractivity contribution in [2.75, 3.05) is 0 Å². The smallest absolute Gasteiger partial charge is 0.271 e. The number of carbonyl (C=O) groups is 1. The van der Waals surface area contributed by atoms with Crippen LogP contribution in [0, 0.1) is 12.3 Å². The third-order valence-electron chi connectivity index (χ3n) is 2.69. The summed E-state index contributed by atoms with van der Waals surface area (Å²) in [4.78, 5) is 16.4. The number of rotatable bonds is 2. The van der Waals surface area contributed by atoms with E-state index in [1.165, 1.54) is 0 Å². The average Bonchev–Trinajstić information content (AvgIpc) is 2.38. The van der Waals surface area contributed by atoms with E-state index >= 15 is 0 Å². The first-order valence-electron chi connectivity index (χ1n) is 5.78. The molecule has 2 rings (SSSR count). The van der Waals surface area contributed by atoms with Crippen LogP contribution in [-0.4, -0.2) is 16.4 Å². The van der Waals surface area contributed by atoms with Crippen molar-refractivity contribution in [2.45, 2.75) is 19.4 Å². The van der Waals surface area contributed by atoms with Crippen LogP contribution in [-0.2, 0) is 0 Å². The first kappa shape index (κ1) is 13.4. The normalized spacial score (nSPS) is 11.1. The van der Waals surface area contributed by atoms with E-state index in [4.69, 9.17) is 18.0 Å². The number of benzene rings is 1. The summed E-state index contributed by atoms with van der Waals surface area (Å²) in [6.07, 6.45) is 5.34. The molecule has 0 saturated carbocycles. The number of nitrogens with zero attached hydrogens (tertiary/aromatic N) is 1. The second-order valence-corrected chi connectivity index (χ2v) is 5.14.